The van der Waals surface area contributed by atoms with Gasteiger partial charge < -0.3 is 14.8 Å². The normalized spacial score (nSPS) is 17.1. The first-order valence-electron chi connectivity index (χ1n) is 8.32. The highest BCUT2D eigenvalue weighted by atomic mass is 16.6. The van der Waals surface area contributed by atoms with E-state index >= 15 is 0 Å². The van der Waals surface area contributed by atoms with Crippen LogP contribution in [0.15, 0.2) is 18.2 Å². The predicted octanol–water partition coefficient (Wildman–Crippen LogP) is 2.61. The second-order valence-electron chi connectivity index (χ2n) is 6.44. The highest BCUT2D eigenvalue weighted by Gasteiger charge is 2.24. The van der Waals surface area contributed by atoms with Crippen LogP contribution in [0.4, 0.5) is 0 Å². The third kappa shape index (κ3) is 4.94. The monoisotopic (exact) mass is 320 g/mol. The van der Waals surface area contributed by atoms with E-state index in [1.165, 1.54) is 12.5 Å². The zero-order valence-corrected chi connectivity index (χ0v) is 14.6. The largest absolute Gasteiger partial charge is 0.493 e. The Balaban J connectivity index is 2.27. The molecule has 1 N–H and O–H groups in total. The van der Waals surface area contributed by atoms with Crippen molar-refractivity contribution in [1.29, 1.82) is 0 Å². The Morgan fingerprint density at radius 1 is 1.26 bits per heavy atom. The lowest BCUT2D eigenvalue weighted by Crippen LogP contribution is -2.45. The molecule has 0 unspecified atom stereocenters. The molecule has 1 aromatic carbocycles. The number of hydrogen-bond acceptors (Lipinski definition) is 5. The number of esters is 1. The number of ether oxygens (including phenoxy) is 2. The first-order valence-corrected chi connectivity index (χ1v) is 8.32. The molecule has 128 valence electrons. The van der Waals surface area contributed by atoms with E-state index in [1.54, 1.807) is 7.11 Å². The van der Waals surface area contributed by atoms with Gasteiger partial charge in [0, 0.05) is 39.1 Å². The van der Waals surface area contributed by atoms with Gasteiger partial charge in [0.1, 0.15) is 0 Å². The lowest BCUT2D eigenvalue weighted by Gasteiger charge is -2.36. The SMILES string of the molecule is COc1cc([C@H](CC(C)C)N2CCNCC2)ccc1OC(C)=O. The molecule has 0 spiro atoms. The van der Waals surface area contributed by atoms with Gasteiger partial charge in [0.05, 0.1) is 7.11 Å². The highest BCUT2D eigenvalue weighted by Crippen LogP contribution is 2.35. The summed E-state index contributed by atoms with van der Waals surface area (Å²) in [6, 6.07) is 6.26. The average Bonchev–Trinajstić information content (AvgIpc) is 2.53. The Bertz CT molecular complexity index is 525. The highest BCUT2D eigenvalue weighted by molar-refractivity contribution is 5.70. The fourth-order valence-electron chi connectivity index (χ4n) is 3.07. The average molecular weight is 320 g/mol. The second kappa shape index (κ2) is 8.31. The number of carbonyl (C=O) groups excluding carboxylic acids is 1. The van der Waals surface area contributed by atoms with Gasteiger partial charge in [-0.3, -0.25) is 9.69 Å². The fourth-order valence-corrected chi connectivity index (χ4v) is 3.07. The van der Waals surface area contributed by atoms with Gasteiger partial charge in [0.25, 0.3) is 0 Å². The van der Waals surface area contributed by atoms with E-state index in [0.29, 0.717) is 23.5 Å². The van der Waals surface area contributed by atoms with Crippen molar-refractivity contribution in [2.75, 3.05) is 33.3 Å². The zero-order chi connectivity index (χ0) is 16.8. The molecule has 2 rings (SSSR count). The Morgan fingerprint density at radius 2 is 1.96 bits per heavy atom. The summed E-state index contributed by atoms with van der Waals surface area (Å²) < 4.78 is 10.6. The number of methoxy groups -OCH3 is 1. The molecule has 0 bridgehead atoms. The maximum absolute atomic E-state index is 11.2. The van der Waals surface area contributed by atoms with Crippen LogP contribution < -0.4 is 14.8 Å². The molecule has 23 heavy (non-hydrogen) atoms. The van der Waals surface area contributed by atoms with Crippen LogP contribution in [0.1, 0.15) is 38.8 Å². The minimum absolute atomic E-state index is 0.336. The molecular weight excluding hydrogens is 292 g/mol. The second-order valence-corrected chi connectivity index (χ2v) is 6.44. The molecule has 5 nitrogen and oxygen atoms in total. The van der Waals surface area contributed by atoms with Crippen molar-refractivity contribution < 1.29 is 14.3 Å². The summed E-state index contributed by atoms with van der Waals surface area (Å²) in [5.41, 5.74) is 1.22. The summed E-state index contributed by atoms with van der Waals surface area (Å²) in [5, 5.41) is 3.40. The molecule has 0 aromatic heterocycles. The van der Waals surface area contributed by atoms with Crippen LogP contribution in [-0.4, -0.2) is 44.2 Å². The van der Waals surface area contributed by atoms with Crippen molar-refractivity contribution in [2.45, 2.75) is 33.2 Å². The first kappa shape index (κ1) is 17.8. The van der Waals surface area contributed by atoms with Crippen molar-refractivity contribution in [1.82, 2.24) is 10.2 Å². The number of rotatable bonds is 6. The minimum atomic E-state index is -0.336. The third-order valence-corrected chi connectivity index (χ3v) is 4.11. The lowest BCUT2D eigenvalue weighted by molar-refractivity contribution is -0.132. The van der Waals surface area contributed by atoms with Gasteiger partial charge in [-0.25, -0.2) is 0 Å². The van der Waals surface area contributed by atoms with Crippen LogP contribution in [0.25, 0.3) is 0 Å². The van der Waals surface area contributed by atoms with Crippen LogP contribution in [0.2, 0.25) is 0 Å². The van der Waals surface area contributed by atoms with Crippen molar-refractivity contribution in [3.05, 3.63) is 23.8 Å². The summed E-state index contributed by atoms with van der Waals surface area (Å²) in [5.74, 6) is 1.36. The standard InChI is InChI=1S/C18H28N2O3/c1-13(2)11-16(20-9-7-19-8-10-20)15-5-6-17(23-14(3)21)18(12-15)22-4/h5-6,12-13,16,19H,7-11H2,1-4H3/t16-/m0/s1. The van der Waals surface area contributed by atoms with Crippen LogP contribution >= 0.6 is 0 Å². The van der Waals surface area contributed by atoms with E-state index in [-0.39, 0.29) is 5.97 Å². The summed E-state index contributed by atoms with van der Waals surface area (Å²) in [6.45, 7) is 10.0. The van der Waals surface area contributed by atoms with E-state index in [1.807, 2.05) is 12.1 Å². The summed E-state index contributed by atoms with van der Waals surface area (Å²) in [7, 11) is 1.61. The Hall–Kier alpha value is -1.59. The first-order chi connectivity index (χ1) is 11.0. The molecule has 1 aliphatic heterocycles. The van der Waals surface area contributed by atoms with Crippen LogP contribution in [0.5, 0.6) is 11.5 Å². The Morgan fingerprint density at radius 3 is 2.52 bits per heavy atom. The molecule has 0 aliphatic carbocycles. The van der Waals surface area contributed by atoms with Gasteiger partial charge >= 0.3 is 5.97 Å². The number of nitrogens with zero attached hydrogens (tertiary/aromatic N) is 1. The molecular formula is C18H28N2O3. The predicted molar refractivity (Wildman–Crippen MR) is 90.9 cm³/mol. The minimum Gasteiger partial charge on any atom is -0.493 e. The zero-order valence-electron chi connectivity index (χ0n) is 14.6. The third-order valence-electron chi connectivity index (χ3n) is 4.11. The molecule has 1 aliphatic rings. The Kier molecular flexibility index (Phi) is 6.42. The van der Waals surface area contributed by atoms with Gasteiger partial charge in [-0.15, -0.1) is 0 Å². The summed E-state index contributed by atoms with van der Waals surface area (Å²) in [4.78, 5) is 13.7. The molecule has 0 amide bonds. The number of nitrogens with one attached hydrogen (secondary N) is 1. The van der Waals surface area contributed by atoms with Crippen LogP contribution in [-0.2, 0) is 4.79 Å². The molecule has 0 saturated carbocycles. The van der Waals surface area contributed by atoms with E-state index in [2.05, 4.69) is 30.1 Å². The maximum atomic E-state index is 11.2. The van der Waals surface area contributed by atoms with Crippen LogP contribution in [0, 0.1) is 5.92 Å². The van der Waals surface area contributed by atoms with E-state index in [4.69, 9.17) is 9.47 Å². The van der Waals surface area contributed by atoms with Crippen molar-refractivity contribution in [3.8, 4) is 11.5 Å². The molecule has 0 radical (unpaired) electrons. The van der Waals surface area contributed by atoms with Crippen molar-refractivity contribution in [2.24, 2.45) is 5.92 Å². The lowest BCUT2D eigenvalue weighted by atomic mass is 9.94. The molecule has 1 fully saturated rings. The van der Waals surface area contributed by atoms with Crippen LogP contribution in [0.3, 0.4) is 0 Å². The van der Waals surface area contributed by atoms with Gasteiger partial charge in [-0.1, -0.05) is 19.9 Å². The molecule has 5 heteroatoms. The van der Waals surface area contributed by atoms with Gasteiger partial charge in [0.15, 0.2) is 11.5 Å². The smallest absolute Gasteiger partial charge is 0.308 e. The quantitative estimate of drug-likeness (QED) is 0.645. The van der Waals surface area contributed by atoms with E-state index in [9.17, 15) is 4.79 Å². The number of benzene rings is 1. The van der Waals surface area contributed by atoms with E-state index < -0.39 is 0 Å². The molecule has 1 saturated heterocycles. The molecule has 1 heterocycles. The van der Waals surface area contributed by atoms with E-state index in [0.717, 1.165) is 32.6 Å². The van der Waals surface area contributed by atoms with Gasteiger partial charge in [0.2, 0.25) is 0 Å². The van der Waals surface area contributed by atoms with Crippen molar-refractivity contribution >= 4 is 5.97 Å². The number of carbonyl (C=O) groups is 1. The fraction of sp³-hybridized carbons (Fsp3) is 0.611. The summed E-state index contributed by atoms with van der Waals surface area (Å²) >= 11 is 0. The molecule has 1 atom stereocenters. The Labute approximate surface area is 139 Å². The van der Waals surface area contributed by atoms with Gasteiger partial charge in [-0.2, -0.15) is 0 Å². The molecule has 1 aromatic rings. The topological polar surface area (TPSA) is 50.8 Å². The number of hydrogen-bond donors (Lipinski definition) is 1. The van der Waals surface area contributed by atoms with Crippen molar-refractivity contribution in [3.63, 3.8) is 0 Å². The summed E-state index contributed by atoms with van der Waals surface area (Å²) in [6.07, 6.45) is 1.09. The maximum Gasteiger partial charge on any atom is 0.308 e. The van der Waals surface area contributed by atoms with Gasteiger partial charge in [-0.05, 0) is 30.0 Å². The number of piperazine rings is 1.